The van der Waals surface area contributed by atoms with Gasteiger partial charge in [0.15, 0.2) is 0 Å². The molecular weight excluding hydrogens is 402 g/mol. The van der Waals surface area contributed by atoms with Crippen LogP contribution in [-0.4, -0.2) is 51.3 Å². The Morgan fingerprint density at radius 3 is 2.33 bits per heavy atom. The second kappa shape index (κ2) is 8.47. The maximum atomic E-state index is 13.2. The van der Waals surface area contributed by atoms with Crippen LogP contribution in [0.5, 0.6) is 0 Å². The molecule has 30 heavy (non-hydrogen) atoms. The minimum Gasteiger partial charge on any atom is -0.343 e. The number of benzene rings is 2. The number of amides is 2. The minimum atomic E-state index is -3.71. The maximum Gasteiger partial charge on any atom is 0.264 e. The Balaban J connectivity index is 1.45. The SMILES string of the molecule is O=C(NCC(=O)N1CCCC1)c1ccc(S(=O)(=O)N2CCCc3ccccc32)cc1. The summed E-state index contributed by atoms with van der Waals surface area (Å²) in [4.78, 5) is 26.3. The highest BCUT2D eigenvalue weighted by molar-refractivity contribution is 7.92. The highest BCUT2D eigenvalue weighted by Gasteiger charge is 2.29. The lowest BCUT2D eigenvalue weighted by Crippen LogP contribution is -2.38. The molecule has 2 amide bonds. The van der Waals surface area contributed by atoms with Gasteiger partial charge < -0.3 is 10.2 Å². The molecule has 1 saturated heterocycles. The Kier molecular flexibility index (Phi) is 5.76. The van der Waals surface area contributed by atoms with Gasteiger partial charge in [0.2, 0.25) is 5.91 Å². The molecule has 7 nitrogen and oxygen atoms in total. The highest BCUT2D eigenvalue weighted by atomic mass is 32.2. The van der Waals surface area contributed by atoms with E-state index >= 15 is 0 Å². The van der Waals surface area contributed by atoms with Gasteiger partial charge in [-0.25, -0.2) is 8.42 Å². The molecule has 158 valence electrons. The molecule has 0 atom stereocenters. The lowest BCUT2D eigenvalue weighted by molar-refractivity contribution is -0.129. The number of sulfonamides is 1. The Morgan fingerprint density at radius 1 is 0.900 bits per heavy atom. The molecular formula is C22H25N3O4S. The number of carbonyl (C=O) groups is 2. The number of hydrogen-bond acceptors (Lipinski definition) is 4. The van der Waals surface area contributed by atoms with Crippen LogP contribution in [-0.2, 0) is 21.2 Å². The smallest absolute Gasteiger partial charge is 0.264 e. The first-order valence-corrected chi connectivity index (χ1v) is 11.7. The molecule has 2 aromatic rings. The van der Waals surface area contributed by atoms with E-state index in [1.54, 1.807) is 4.90 Å². The molecule has 0 spiro atoms. The standard InChI is InChI=1S/C22H25N3O4S/c26-21(24-13-3-4-14-24)16-23-22(27)18-9-11-19(12-10-18)30(28,29)25-15-5-7-17-6-1-2-8-20(17)25/h1-2,6,8-12H,3-5,7,13-16H2,(H,23,27). The Morgan fingerprint density at radius 2 is 1.60 bits per heavy atom. The quantitative estimate of drug-likeness (QED) is 0.792. The van der Waals surface area contributed by atoms with Crippen molar-refractivity contribution < 1.29 is 18.0 Å². The number of nitrogens with zero attached hydrogens (tertiary/aromatic N) is 2. The van der Waals surface area contributed by atoms with Crippen LogP contribution < -0.4 is 9.62 Å². The van der Waals surface area contributed by atoms with Gasteiger partial charge in [-0.05, 0) is 61.6 Å². The second-order valence-corrected chi connectivity index (χ2v) is 9.47. The monoisotopic (exact) mass is 427 g/mol. The van der Waals surface area contributed by atoms with Crippen LogP contribution >= 0.6 is 0 Å². The molecule has 0 bridgehead atoms. The van der Waals surface area contributed by atoms with Crippen molar-refractivity contribution >= 4 is 27.5 Å². The number of likely N-dealkylation sites (tertiary alicyclic amines) is 1. The molecule has 2 aliphatic rings. The minimum absolute atomic E-state index is 0.0521. The van der Waals surface area contributed by atoms with Crippen LogP contribution in [0, 0.1) is 0 Å². The van der Waals surface area contributed by atoms with Gasteiger partial charge in [0, 0.05) is 25.2 Å². The lowest BCUT2D eigenvalue weighted by atomic mass is 10.0. The average Bonchev–Trinajstić information content (AvgIpc) is 3.32. The molecule has 0 radical (unpaired) electrons. The number of rotatable bonds is 5. The number of fused-ring (bicyclic) bond motifs is 1. The fraction of sp³-hybridized carbons (Fsp3) is 0.364. The molecule has 1 N–H and O–H groups in total. The zero-order valence-electron chi connectivity index (χ0n) is 16.7. The molecule has 2 aromatic carbocycles. The van der Waals surface area contributed by atoms with E-state index in [2.05, 4.69) is 5.32 Å². The van der Waals surface area contributed by atoms with Crippen molar-refractivity contribution in [2.24, 2.45) is 0 Å². The van der Waals surface area contributed by atoms with E-state index in [0.29, 0.717) is 17.8 Å². The molecule has 0 aliphatic carbocycles. The Labute approximate surface area is 176 Å². The van der Waals surface area contributed by atoms with Gasteiger partial charge >= 0.3 is 0 Å². The summed E-state index contributed by atoms with van der Waals surface area (Å²) in [5.74, 6) is -0.487. The number of nitrogens with one attached hydrogen (secondary N) is 1. The van der Waals surface area contributed by atoms with Gasteiger partial charge in [0.05, 0.1) is 17.1 Å². The largest absolute Gasteiger partial charge is 0.343 e. The van der Waals surface area contributed by atoms with Crippen LogP contribution in [0.1, 0.15) is 35.2 Å². The molecule has 2 aliphatic heterocycles. The summed E-state index contributed by atoms with van der Waals surface area (Å²) in [5.41, 5.74) is 2.05. The van der Waals surface area contributed by atoms with Gasteiger partial charge in [-0.2, -0.15) is 0 Å². The number of para-hydroxylation sites is 1. The van der Waals surface area contributed by atoms with Crippen LogP contribution in [0.4, 0.5) is 5.69 Å². The van der Waals surface area contributed by atoms with Crippen LogP contribution in [0.25, 0.3) is 0 Å². The number of carbonyl (C=O) groups excluding carboxylic acids is 2. The van der Waals surface area contributed by atoms with E-state index < -0.39 is 15.9 Å². The summed E-state index contributed by atoms with van der Waals surface area (Å²) in [7, 11) is -3.71. The first kappa shape index (κ1) is 20.4. The van der Waals surface area contributed by atoms with Crippen LogP contribution in [0.2, 0.25) is 0 Å². The summed E-state index contributed by atoms with van der Waals surface area (Å²) < 4.78 is 27.8. The summed E-state index contributed by atoms with van der Waals surface area (Å²) >= 11 is 0. The normalized spacial score (nSPS) is 16.3. The highest BCUT2D eigenvalue weighted by Crippen LogP contribution is 2.31. The van der Waals surface area contributed by atoms with E-state index in [4.69, 9.17) is 0 Å². The first-order chi connectivity index (χ1) is 14.5. The topological polar surface area (TPSA) is 86.8 Å². The predicted octanol–water partition coefficient (Wildman–Crippen LogP) is 2.18. The third-order valence-corrected chi connectivity index (χ3v) is 7.46. The summed E-state index contributed by atoms with van der Waals surface area (Å²) in [5, 5.41) is 2.62. The van der Waals surface area contributed by atoms with E-state index in [1.807, 2.05) is 24.3 Å². The second-order valence-electron chi connectivity index (χ2n) is 7.60. The number of anilines is 1. The fourth-order valence-electron chi connectivity index (χ4n) is 3.99. The summed E-state index contributed by atoms with van der Waals surface area (Å²) in [6.45, 7) is 1.85. The zero-order valence-corrected chi connectivity index (χ0v) is 17.5. The third-order valence-electron chi connectivity index (χ3n) is 5.63. The van der Waals surface area contributed by atoms with Crippen molar-refractivity contribution in [3.63, 3.8) is 0 Å². The molecule has 4 rings (SSSR count). The van der Waals surface area contributed by atoms with Crippen molar-refractivity contribution in [3.05, 3.63) is 59.7 Å². The third kappa shape index (κ3) is 4.05. The fourth-order valence-corrected chi connectivity index (χ4v) is 5.53. The van der Waals surface area contributed by atoms with E-state index in [-0.39, 0.29) is 17.3 Å². The van der Waals surface area contributed by atoms with Crippen molar-refractivity contribution in [2.75, 3.05) is 30.5 Å². The first-order valence-electron chi connectivity index (χ1n) is 10.2. The molecule has 1 fully saturated rings. The van der Waals surface area contributed by atoms with Crippen LogP contribution in [0.15, 0.2) is 53.4 Å². The lowest BCUT2D eigenvalue weighted by Gasteiger charge is -2.30. The van der Waals surface area contributed by atoms with Crippen molar-refractivity contribution in [1.29, 1.82) is 0 Å². The van der Waals surface area contributed by atoms with Gasteiger partial charge in [0.25, 0.3) is 15.9 Å². The van der Waals surface area contributed by atoms with Crippen LogP contribution in [0.3, 0.4) is 0 Å². The molecule has 0 unspecified atom stereocenters. The predicted molar refractivity (Wildman–Crippen MR) is 114 cm³/mol. The van der Waals surface area contributed by atoms with E-state index in [0.717, 1.165) is 44.3 Å². The summed E-state index contributed by atoms with van der Waals surface area (Å²) in [6, 6.07) is 13.4. The van der Waals surface area contributed by atoms with Gasteiger partial charge in [-0.15, -0.1) is 0 Å². The summed E-state index contributed by atoms with van der Waals surface area (Å²) in [6.07, 6.45) is 3.62. The molecule has 2 heterocycles. The van der Waals surface area contributed by atoms with E-state index in [1.165, 1.54) is 28.6 Å². The molecule has 0 aromatic heterocycles. The maximum absolute atomic E-state index is 13.2. The molecule has 8 heteroatoms. The van der Waals surface area contributed by atoms with Crippen molar-refractivity contribution in [1.82, 2.24) is 10.2 Å². The van der Waals surface area contributed by atoms with Crippen molar-refractivity contribution in [3.8, 4) is 0 Å². The zero-order chi connectivity index (χ0) is 21.1. The number of aryl methyl sites for hydroxylation is 1. The van der Waals surface area contributed by atoms with Gasteiger partial charge in [-0.3, -0.25) is 13.9 Å². The molecule has 0 saturated carbocycles. The van der Waals surface area contributed by atoms with E-state index in [9.17, 15) is 18.0 Å². The Hall–Kier alpha value is -2.87. The number of hydrogen-bond donors (Lipinski definition) is 1. The van der Waals surface area contributed by atoms with Gasteiger partial charge in [-0.1, -0.05) is 18.2 Å². The average molecular weight is 428 g/mol. The Bertz CT molecular complexity index is 1040. The van der Waals surface area contributed by atoms with Crippen molar-refractivity contribution in [2.45, 2.75) is 30.6 Å². The van der Waals surface area contributed by atoms with Gasteiger partial charge in [0.1, 0.15) is 0 Å².